The first-order valence-electron chi connectivity index (χ1n) is 11.9. The lowest BCUT2D eigenvalue weighted by atomic mass is 9.85. The number of halogens is 1. The second-order valence-corrected chi connectivity index (χ2v) is 9.08. The molecule has 2 aliphatic rings. The zero-order chi connectivity index (χ0) is 25.7. The number of Topliss-reactive ketones (excluding diaryl/α,β-unsaturated/α-hetero) is 2. The molecule has 2 aromatic rings. The molecule has 4 rings (SSSR count). The second-order valence-electron chi connectivity index (χ2n) is 8.65. The molecule has 192 valence electrons. The van der Waals surface area contributed by atoms with Crippen LogP contribution in [0.3, 0.4) is 0 Å². The van der Waals surface area contributed by atoms with Gasteiger partial charge in [0.15, 0.2) is 5.82 Å². The third kappa shape index (κ3) is 6.22. The van der Waals surface area contributed by atoms with Crippen molar-refractivity contribution in [3.63, 3.8) is 0 Å². The minimum atomic E-state index is -0.708. The number of benzene rings is 1. The number of nitrogens with one attached hydrogen (secondary N) is 1. The number of ketones is 2. The van der Waals surface area contributed by atoms with Crippen LogP contribution >= 0.6 is 11.6 Å². The quantitative estimate of drug-likeness (QED) is 0.360. The van der Waals surface area contributed by atoms with Crippen LogP contribution in [-0.4, -0.2) is 93.7 Å². The van der Waals surface area contributed by atoms with Gasteiger partial charge in [-0.2, -0.15) is 4.80 Å². The van der Waals surface area contributed by atoms with E-state index in [1.54, 1.807) is 37.0 Å². The maximum absolute atomic E-state index is 12.9. The van der Waals surface area contributed by atoms with Crippen molar-refractivity contribution in [1.82, 2.24) is 30.4 Å². The summed E-state index contributed by atoms with van der Waals surface area (Å²) in [6, 6.07) is 4.83. The summed E-state index contributed by atoms with van der Waals surface area (Å²) in [7, 11) is 0. The van der Waals surface area contributed by atoms with Crippen molar-refractivity contribution in [3.05, 3.63) is 46.2 Å². The zero-order valence-electron chi connectivity index (χ0n) is 20.2. The molecule has 11 nitrogen and oxygen atoms in total. The molecule has 12 heteroatoms. The molecule has 1 amide bonds. The molecule has 2 fully saturated rings. The topological polar surface area (TPSA) is 129 Å². The fourth-order valence-electron chi connectivity index (χ4n) is 4.21. The normalized spacial score (nSPS) is 22.3. The molecule has 1 saturated carbocycles. The van der Waals surface area contributed by atoms with Crippen molar-refractivity contribution < 1.29 is 23.9 Å². The Morgan fingerprint density at radius 2 is 2.17 bits per heavy atom. The molecule has 1 aromatic carbocycles. The average molecular weight is 517 g/mol. The molecular weight excluding hydrogens is 488 g/mol. The maximum atomic E-state index is 12.9. The van der Waals surface area contributed by atoms with E-state index in [1.165, 1.54) is 4.80 Å². The third-order valence-corrected chi connectivity index (χ3v) is 6.32. The molecule has 1 saturated heterocycles. The van der Waals surface area contributed by atoms with Crippen molar-refractivity contribution in [1.29, 1.82) is 0 Å². The van der Waals surface area contributed by atoms with Crippen molar-refractivity contribution in [2.45, 2.75) is 45.1 Å². The lowest BCUT2D eigenvalue weighted by Crippen LogP contribution is -2.65. The van der Waals surface area contributed by atoms with Gasteiger partial charge in [-0.15, -0.1) is 10.2 Å². The summed E-state index contributed by atoms with van der Waals surface area (Å²) in [5.74, 6) is -0.481. The first-order valence-corrected chi connectivity index (χ1v) is 12.3. The zero-order valence-corrected chi connectivity index (χ0v) is 21.0. The Morgan fingerprint density at radius 3 is 2.92 bits per heavy atom. The number of aryl methyl sites for hydroxylation is 1. The Morgan fingerprint density at radius 1 is 1.33 bits per heavy atom. The number of morpholine rings is 1. The maximum Gasteiger partial charge on any atom is 0.246 e. The number of tetrazole rings is 1. The van der Waals surface area contributed by atoms with Gasteiger partial charge in [0.1, 0.15) is 12.1 Å². The van der Waals surface area contributed by atoms with E-state index in [9.17, 15) is 14.4 Å². The van der Waals surface area contributed by atoms with Gasteiger partial charge in [-0.05, 0) is 61.4 Å². The van der Waals surface area contributed by atoms with Gasteiger partial charge in [-0.25, -0.2) is 0 Å². The number of carbonyl (C=O) groups excluding carboxylic acids is 3. The largest absolute Gasteiger partial charge is 0.374 e. The number of hydrogen-bond donors (Lipinski definition) is 1. The molecule has 0 spiro atoms. The van der Waals surface area contributed by atoms with Crippen LogP contribution in [0.4, 0.5) is 0 Å². The van der Waals surface area contributed by atoms with Crippen LogP contribution in [0.15, 0.2) is 24.3 Å². The van der Waals surface area contributed by atoms with Crippen LogP contribution in [0.1, 0.15) is 30.3 Å². The van der Waals surface area contributed by atoms with E-state index in [0.29, 0.717) is 56.7 Å². The highest BCUT2D eigenvalue weighted by Gasteiger charge is 2.49. The number of rotatable bonds is 10. The Bertz CT molecular complexity index is 1150. The van der Waals surface area contributed by atoms with Crippen LogP contribution in [0.2, 0.25) is 5.02 Å². The molecule has 0 bridgehead atoms. The van der Waals surface area contributed by atoms with Gasteiger partial charge in [0, 0.05) is 30.8 Å². The van der Waals surface area contributed by atoms with Crippen LogP contribution in [0.25, 0.3) is 6.08 Å². The average Bonchev–Trinajstić information content (AvgIpc) is 3.29. The molecule has 3 atom stereocenters. The standard InChI is InChI=1S/C24H29ClN6O5/c1-3-35-24-21(22(33)23(24)34)26-9-8-19-14-30(10-11-36-19)20(32)7-5-16-4-6-18(25)12-17(16)13-31-28-15(2)27-29-31/h4-7,12,19,21,24,26H,3,8-11,13-14H2,1-2H3/b7-5+. The van der Waals surface area contributed by atoms with Crippen molar-refractivity contribution in [2.75, 3.05) is 32.8 Å². The summed E-state index contributed by atoms with van der Waals surface area (Å²) in [5.41, 5.74) is 1.70. The summed E-state index contributed by atoms with van der Waals surface area (Å²) in [6.45, 7) is 6.12. The van der Waals surface area contributed by atoms with E-state index in [0.717, 1.165) is 11.1 Å². The Labute approximate surface area is 213 Å². The van der Waals surface area contributed by atoms with E-state index < -0.39 is 23.7 Å². The van der Waals surface area contributed by atoms with E-state index in [2.05, 4.69) is 20.7 Å². The number of amides is 1. The molecular formula is C24H29ClN6O5. The number of ether oxygens (including phenoxy) is 2. The Kier molecular flexibility index (Phi) is 8.57. The van der Waals surface area contributed by atoms with Crippen LogP contribution in [0, 0.1) is 6.92 Å². The molecule has 36 heavy (non-hydrogen) atoms. The van der Waals surface area contributed by atoms with Crippen LogP contribution < -0.4 is 5.32 Å². The van der Waals surface area contributed by atoms with Gasteiger partial charge < -0.3 is 19.7 Å². The number of nitrogens with zero attached hydrogens (tertiary/aromatic N) is 5. The molecule has 3 unspecified atom stereocenters. The van der Waals surface area contributed by atoms with E-state index in [-0.39, 0.29) is 12.0 Å². The highest BCUT2D eigenvalue weighted by molar-refractivity contribution is 6.48. The molecule has 1 N–H and O–H groups in total. The second kappa shape index (κ2) is 11.8. The van der Waals surface area contributed by atoms with E-state index in [4.69, 9.17) is 21.1 Å². The first kappa shape index (κ1) is 26.1. The molecule has 0 radical (unpaired) electrons. The minimum Gasteiger partial charge on any atom is -0.374 e. The predicted molar refractivity (Wildman–Crippen MR) is 130 cm³/mol. The first-order chi connectivity index (χ1) is 17.4. The molecule has 1 aliphatic carbocycles. The smallest absolute Gasteiger partial charge is 0.246 e. The van der Waals surface area contributed by atoms with E-state index in [1.807, 2.05) is 12.1 Å². The van der Waals surface area contributed by atoms with E-state index >= 15 is 0 Å². The predicted octanol–water partition coefficient (Wildman–Crippen LogP) is 0.829. The third-order valence-electron chi connectivity index (χ3n) is 6.09. The lowest BCUT2D eigenvalue weighted by Gasteiger charge is -2.35. The van der Waals surface area contributed by atoms with Crippen molar-refractivity contribution in [3.8, 4) is 0 Å². The number of hydrogen-bond acceptors (Lipinski definition) is 9. The minimum absolute atomic E-state index is 0.122. The summed E-state index contributed by atoms with van der Waals surface area (Å²) in [6.07, 6.45) is 3.01. The SMILES string of the molecule is CCOC1C(=O)C(=O)C1NCCC1CN(C(=O)/C=C/c2ccc(Cl)cc2Cn2nnc(C)n2)CCO1. The molecule has 1 aromatic heterocycles. The van der Waals surface area contributed by atoms with Gasteiger partial charge in [-0.3, -0.25) is 14.4 Å². The van der Waals surface area contributed by atoms with Gasteiger partial charge in [-0.1, -0.05) is 17.7 Å². The summed E-state index contributed by atoms with van der Waals surface area (Å²) in [5, 5.41) is 15.8. The monoisotopic (exact) mass is 516 g/mol. The lowest BCUT2D eigenvalue weighted by molar-refractivity contribution is -0.158. The van der Waals surface area contributed by atoms with Gasteiger partial charge in [0.25, 0.3) is 0 Å². The van der Waals surface area contributed by atoms with Gasteiger partial charge in [0.2, 0.25) is 17.5 Å². The molecule has 1 aliphatic heterocycles. The number of aromatic nitrogens is 4. The Balaban J connectivity index is 1.30. The van der Waals surface area contributed by atoms with Crippen molar-refractivity contribution in [2.24, 2.45) is 0 Å². The van der Waals surface area contributed by atoms with Crippen molar-refractivity contribution >= 4 is 35.2 Å². The fraction of sp³-hybridized carbons (Fsp3) is 0.500. The van der Waals surface area contributed by atoms with Gasteiger partial charge in [0.05, 0.1) is 19.3 Å². The number of carbonyl (C=O) groups is 3. The highest BCUT2D eigenvalue weighted by Crippen LogP contribution is 2.19. The molecule has 2 heterocycles. The Hall–Kier alpha value is -2.99. The summed E-state index contributed by atoms with van der Waals surface area (Å²) >= 11 is 6.18. The summed E-state index contributed by atoms with van der Waals surface area (Å²) in [4.78, 5) is 39.5. The van der Waals surface area contributed by atoms with Crippen LogP contribution in [-0.2, 0) is 30.4 Å². The fourth-order valence-corrected chi connectivity index (χ4v) is 4.41. The van der Waals surface area contributed by atoms with Crippen LogP contribution in [0.5, 0.6) is 0 Å². The highest BCUT2D eigenvalue weighted by atomic mass is 35.5. The van der Waals surface area contributed by atoms with Gasteiger partial charge >= 0.3 is 0 Å². The summed E-state index contributed by atoms with van der Waals surface area (Å²) < 4.78 is 11.1.